The average Bonchev–Trinajstić information content (AvgIpc) is 1.63. The molecule has 2 atom stereocenters. The lowest BCUT2D eigenvalue weighted by atomic mass is 10.3. The zero-order chi connectivity index (χ0) is 7.44. The molecule has 0 aromatic carbocycles. The summed E-state index contributed by atoms with van der Waals surface area (Å²) in [5, 5.41) is 8.79. The van der Waals surface area contributed by atoms with Crippen molar-refractivity contribution in [1.29, 1.82) is 0 Å². The van der Waals surface area contributed by atoms with E-state index in [1.807, 2.05) is 0 Å². The molecule has 0 radical (unpaired) electrons. The van der Waals surface area contributed by atoms with Crippen LogP contribution >= 0.6 is 0 Å². The summed E-state index contributed by atoms with van der Waals surface area (Å²) >= 11 is 0. The topological polar surface area (TPSA) is 46.5 Å². The number of aliphatic hydroxyl groups is 1. The molecule has 0 bridgehead atoms. The Kier molecular flexibility index (Phi) is 3.24. The van der Waals surface area contributed by atoms with Gasteiger partial charge in [-0.2, -0.15) is 0 Å². The first-order valence-corrected chi connectivity index (χ1v) is 2.89. The van der Waals surface area contributed by atoms with Crippen LogP contribution in [0.2, 0.25) is 0 Å². The van der Waals surface area contributed by atoms with E-state index in [1.165, 1.54) is 6.92 Å². The Morgan fingerprint density at radius 3 is 2.11 bits per heavy atom. The van der Waals surface area contributed by atoms with Gasteiger partial charge in [0.05, 0.1) is 6.10 Å². The predicted octanol–water partition coefficient (Wildman–Crippen LogP) is 0.319. The quantitative estimate of drug-likeness (QED) is 0.550. The summed E-state index contributed by atoms with van der Waals surface area (Å²) in [4.78, 5) is 10.2. The van der Waals surface area contributed by atoms with Crippen molar-refractivity contribution in [2.24, 2.45) is 0 Å². The normalized spacial score (nSPS) is 16.4. The van der Waals surface area contributed by atoms with Gasteiger partial charge in [-0.05, 0) is 13.8 Å². The molecule has 0 rings (SSSR count). The van der Waals surface area contributed by atoms with Gasteiger partial charge in [0.25, 0.3) is 0 Å². The number of esters is 1. The molecule has 0 aliphatic heterocycles. The first-order valence-electron chi connectivity index (χ1n) is 2.89. The lowest BCUT2D eigenvalue weighted by Crippen LogP contribution is -2.24. The number of hydrogen-bond donors (Lipinski definition) is 1. The van der Waals surface area contributed by atoms with Crippen LogP contribution < -0.4 is 0 Å². The van der Waals surface area contributed by atoms with E-state index in [1.54, 1.807) is 13.8 Å². The Hall–Kier alpha value is -0.570. The minimum Gasteiger partial charge on any atom is -0.460 e. The molecule has 54 valence electrons. The molecule has 0 amide bonds. The molecule has 1 N–H and O–H groups in total. The third-order valence-corrected chi connectivity index (χ3v) is 1.03. The highest BCUT2D eigenvalue weighted by Crippen LogP contribution is 1.96. The Morgan fingerprint density at radius 1 is 1.56 bits per heavy atom. The molecule has 0 unspecified atom stereocenters. The van der Waals surface area contributed by atoms with Gasteiger partial charge >= 0.3 is 5.97 Å². The van der Waals surface area contributed by atoms with Crippen molar-refractivity contribution in [3.05, 3.63) is 0 Å². The number of ether oxygens (including phenoxy) is 1. The minimum atomic E-state index is -0.589. The summed E-state index contributed by atoms with van der Waals surface area (Å²) in [7, 11) is 0. The van der Waals surface area contributed by atoms with Gasteiger partial charge in [0.1, 0.15) is 6.10 Å². The zero-order valence-corrected chi connectivity index (χ0v) is 5.92. The van der Waals surface area contributed by atoms with Crippen molar-refractivity contribution in [2.45, 2.75) is 33.0 Å². The van der Waals surface area contributed by atoms with E-state index in [0.717, 1.165) is 0 Å². The van der Waals surface area contributed by atoms with Crippen LogP contribution in [-0.4, -0.2) is 23.3 Å². The standard InChI is InChI=1S/C6H12O3/c1-4(7)5(2)9-6(3)8/h4-5,7H,1-3H3/t4-,5+/m1/s1. The molecule has 9 heavy (non-hydrogen) atoms. The molecule has 0 saturated carbocycles. The van der Waals surface area contributed by atoms with E-state index in [4.69, 9.17) is 5.11 Å². The maximum Gasteiger partial charge on any atom is 0.302 e. The summed E-state index contributed by atoms with van der Waals surface area (Å²) in [5.74, 6) is -0.358. The SMILES string of the molecule is CC(=O)O[C@@H](C)[C@@H](C)O. The molecule has 0 saturated heterocycles. The summed E-state index contributed by atoms with van der Waals surface area (Å²) < 4.78 is 4.62. The summed E-state index contributed by atoms with van der Waals surface area (Å²) in [6.07, 6.45) is -0.989. The third-order valence-electron chi connectivity index (χ3n) is 1.03. The lowest BCUT2D eigenvalue weighted by molar-refractivity contribution is -0.150. The van der Waals surface area contributed by atoms with Gasteiger partial charge in [0.2, 0.25) is 0 Å². The summed E-state index contributed by atoms with van der Waals surface area (Å²) in [5.41, 5.74) is 0. The van der Waals surface area contributed by atoms with E-state index in [0.29, 0.717) is 0 Å². The highest BCUT2D eigenvalue weighted by molar-refractivity contribution is 5.66. The Morgan fingerprint density at radius 2 is 2.00 bits per heavy atom. The lowest BCUT2D eigenvalue weighted by Gasteiger charge is -2.13. The van der Waals surface area contributed by atoms with Crippen LogP contribution in [0.5, 0.6) is 0 Å². The van der Waals surface area contributed by atoms with Crippen LogP contribution in [-0.2, 0) is 9.53 Å². The van der Waals surface area contributed by atoms with Crippen molar-refractivity contribution >= 4 is 5.97 Å². The van der Waals surface area contributed by atoms with Crippen LogP contribution in [0.3, 0.4) is 0 Å². The number of hydrogen-bond acceptors (Lipinski definition) is 3. The highest BCUT2D eigenvalue weighted by atomic mass is 16.6. The molecule has 0 fully saturated rings. The molecule has 0 aromatic heterocycles. The predicted molar refractivity (Wildman–Crippen MR) is 32.9 cm³/mol. The molecule has 0 spiro atoms. The molecule has 0 aliphatic carbocycles. The summed E-state index contributed by atoms with van der Waals surface area (Å²) in [6, 6.07) is 0. The highest BCUT2D eigenvalue weighted by Gasteiger charge is 2.10. The second-order valence-electron chi connectivity index (χ2n) is 2.06. The molecular weight excluding hydrogens is 120 g/mol. The molecule has 3 heteroatoms. The van der Waals surface area contributed by atoms with E-state index in [-0.39, 0.29) is 5.97 Å². The van der Waals surface area contributed by atoms with E-state index >= 15 is 0 Å². The van der Waals surface area contributed by atoms with Gasteiger partial charge < -0.3 is 9.84 Å². The largest absolute Gasteiger partial charge is 0.460 e. The summed E-state index contributed by atoms with van der Waals surface area (Å²) in [6.45, 7) is 4.54. The fourth-order valence-corrected chi connectivity index (χ4v) is 0.360. The number of carbonyl (C=O) groups is 1. The van der Waals surface area contributed by atoms with Crippen molar-refractivity contribution in [2.75, 3.05) is 0 Å². The van der Waals surface area contributed by atoms with Crippen LogP contribution in [0.1, 0.15) is 20.8 Å². The molecule has 0 aromatic rings. The van der Waals surface area contributed by atoms with Gasteiger partial charge in [-0.25, -0.2) is 0 Å². The zero-order valence-electron chi connectivity index (χ0n) is 5.92. The Bertz CT molecular complexity index is 98.5. The van der Waals surface area contributed by atoms with Crippen molar-refractivity contribution in [3.63, 3.8) is 0 Å². The van der Waals surface area contributed by atoms with Crippen molar-refractivity contribution < 1.29 is 14.6 Å². The number of carbonyl (C=O) groups excluding carboxylic acids is 1. The Labute approximate surface area is 54.6 Å². The number of rotatable bonds is 2. The monoisotopic (exact) mass is 132 g/mol. The maximum atomic E-state index is 10.2. The second kappa shape index (κ2) is 3.45. The molecule has 0 heterocycles. The van der Waals surface area contributed by atoms with Gasteiger partial charge in [0, 0.05) is 6.92 Å². The van der Waals surface area contributed by atoms with E-state index < -0.39 is 12.2 Å². The van der Waals surface area contributed by atoms with Crippen molar-refractivity contribution in [3.8, 4) is 0 Å². The van der Waals surface area contributed by atoms with Crippen LogP contribution in [0, 0.1) is 0 Å². The first kappa shape index (κ1) is 8.43. The second-order valence-corrected chi connectivity index (χ2v) is 2.06. The third kappa shape index (κ3) is 3.97. The van der Waals surface area contributed by atoms with Crippen LogP contribution in [0.4, 0.5) is 0 Å². The van der Waals surface area contributed by atoms with E-state index in [2.05, 4.69) is 4.74 Å². The average molecular weight is 132 g/mol. The maximum absolute atomic E-state index is 10.2. The Balaban J connectivity index is 3.50. The fourth-order valence-electron chi connectivity index (χ4n) is 0.360. The van der Waals surface area contributed by atoms with Gasteiger partial charge in [-0.3, -0.25) is 4.79 Å². The van der Waals surface area contributed by atoms with Gasteiger partial charge in [-0.15, -0.1) is 0 Å². The number of aliphatic hydroxyl groups excluding tert-OH is 1. The first-order chi connectivity index (χ1) is 4.04. The van der Waals surface area contributed by atoms with E-state index in [9.17, 15) is 4.79 Å². The van der Waals surface area contributed by atoms with Crippen molar-refractivity contribution in [1.82, 2.24) is 0 Å². The van der Waals surface area contributed by atoms with Gasteiger partial charge in [-0.1, -0.05) is 0 Å². The van der Waals surface area contributed by atoms with Crippen LogP contribution in [0.15, 0.2) is 0 Å². The minimum absolute atomic E-state index is 0.358. The molecule has 3 nitrogen and oxygen atoms in total. The molecule has 0 aliphatic rings. The molecular formula is C6H12O3. The van der Waals surface area contributed by atoms with Crippen LogP contribution in [0.25, 0.3) is 0 Å². The smallest absolute Gasteiger partial charge is 0.302 e. The fraction of sp³-hybridized carbons (Fsp3) is 0.833. The van der Waals surface area contributed by atoms with Gasteiger partial charge in [0.15, 0.2) is 0 Å².